The van der Waals surface area contributed by atoms with Crippen LogP contribution in [0.4, 0.5) is 11.4 Å². The largest absolute Gasteiger partial charge is 0.366 e. The fraction of sp³-hybridized carbons (Fsp3) is 0.292. The third kappa shape index (κ3) is 3.73. The van der Waals surface area contributed by atoms with Crippen LogP contribution < -0.4 is 10.2 Å². The number of anilines is 2. The molecule has 0 aromatic heterocycles. The highest BCUT2D eigenvalue weighted by molar-refractivity contribution is 6.45. The Hall–Kier alpha value is -3.41. The summed E-state index contributed by atoms with van der Waals surface area (Å²) in [7, 11) is 0. The van der Waals surface area contributed by atoms with E-state index in [4.69, 9.17) is 0 Å². The summed E-state index contributed by atoms with van der Waals surface area (Å²) in [6, 6.07) is 16.1. The monoisotopic (exact) mass is 403 g/mol. The van der Waals surface area contributed by atoms with Crippen LogP contribution in [0.3, 0.4) is 0 Å². The van der Waals surface area contributed by atoms with E-state index in [1.807, 2.05) is 18.2 Å². The lowest BCUT2D eigenvalue weighted by Crippen LogP contribution is -2.38. The quantitative estimate of drug-likeness (QED) is 0.791. The standard InChI is InChI=1S/C24H25N3O3/c1-16-12-14-26(15-13-16)22-21(18-8-10-19(11-9-18)25-17(2)28)23(29)27(24(22)30)20-6-4-3-5-7-20/h3-11,16H,12-15H2,1-2H3,(H,25,28). The van der Waals surface area contributed by atoms with E-state index in [0.29, 0.717) is 34.1 Å². The van der Waals surface area contributed by atoms with Crippen molar-refractivity contribution in [3.8, 4) is 0 Å². The van der Waals surface area contributed by atoms with Crippen molar-refractivity contribution in [1.29, 1.82) is 0 Å². The van der Waals surface area contributed by atoms with Crippen molar-refractivity contribution >= 4 is 34.7 Å². The van der Waals surface area contributed by atoms with E-state index in [1.54, 1.807) is 36.4 Å². The molecular formula is C24H25N3O3. The number of imide groups is 1. The molecule has 0 radical (unpaired) electrons. The minimum absolute atomic E-state index is 0.160. The molecule has 30 heavy (non-hydrogen) atoms. The Morgan fingerprint density at radius 1 is 0.933 bits per heavy atom. The van der Waals surface area contributed by atoms with Gasteiger partial charge in [-0.2, -0.15) is 0 Å². The van der Waals surface area contributed by atoms with Gasteiger partial charge in [-0.1, -0.05) is 37.3 Å². The van der Waals surface area contributed by atoms with Gasteiger partial charge >= 0.3 is 0 Å². The van der Waals surface area contributed by atoms with E-state index in [1.165, 1.54) is 11.8 Å². The molecule has 1 fully saturated rings. The summed E-state index contributed by atoms with van der Waals surface area (Å²) >= 11 is 0. The number of carbonyl (C=O) groups excluding carboxylic acids is 3. The predicted molar refractivity (Wildman–Crippen MR) is 117 cm³/mol. The van der Waals surface area contributed by atoms with Crippen molar-refractivity contribution in [2.75, 3.05) is 23.3 Å². The average Bonchev–Trinajstić information content (AvgIpc) is 2.99. The number of rotatable bonds is 4. The zero-order valence-corrected chi connectivity index (χ0v) is 17.2. The molecule has 6 nitrogen and oxygen atoms in total. The van der Waals surface area contributed by atoms with Crippen LogP contribution in [0.5, 0.6) is 0 Å². The highest BCUT2D eigenvalue weighted by Crippen LogP contribution is 2.36. The second kappa shape index (κ2) is 8.14. The fourth-order valence-electron chi connectivity index (χ4n) is 4.04. The zero-order valence-electron chi connectivity index (χ0n) is 17.2. The maximum Gasteiger partial charge on any atom is 0.282 e. The van der Waals surface area contributed by atoms with Crippen molar-refractivity contribution in [1.82, 2.24) is 4.90 Å². The average molecular weight is 403 g/mol. The molecule has 4 rings (SSSR count). The van der Waals surface area contributed by atoms with E-state index in [0.717, 1.165) is 25.9 Å². The number of nitrogens with one attached hydrogen (secondary N) is 1. The SMILES string of the molecule is CC(=O)Nc1ccc(C2=C(N3CCC(C)CC3)C(=O)N(c3ccccc3)C2=O)cc1. The number of para-hydroxylation sites is 1. The Bertz CT molecular complexity index is 1000. The topological polar surface area (TPSA) is 69.7 Å². The van der Waals surface area contributed by atoms with E-state index >= 15 is 0 Å². The number of hydrogen-bond acceptors (Lipinski definition) is 4. The van der Waals surface area contributed by atoms with Crippen molar-refractivity contribution in [2.24, 2.45) is 5.92 Å². The van der Waals surface area contributed by atoms with Gasteiger partial charge < -0.3 is 10.2 Å². The molecule has 0 bridgehead atoms. The van der Waals surface area contributed by atoms with Gasteiger partial charge in [-0.15, -0.1) is 0 Å². The molecule has 0 spiro atoms. The van der Waals surface area contributed by atoms with E-state index < -0.39 is 0 Å². The van der Waals surface area contributed by atoms with Crippen LogP contribution >= 0.6 is 0 Å². The Labute approximate surface area is 176 Å². The van der Waals surface area contributed by atoms with Crippen LogP contribution in [0.2, 0.25) is 0 Å². The first-order valence-electron chi connectivity index (χ1n) is 10.3. The highest BCUT2D eigenvalue weighted by atomic mass is 16.2. The molecule has 0 atom stereocenters. The van der Waals surface area contributed by atoms with Crippen LogP contribution in [0, 0.1) is 5.92 Å². The molecular weight excluding hydrogens is 378 g/mol. The number of nitrogens with zero attached hydrogens (tertiary/aromatic N) is 2. The molecule has 154 valence electrons. The lowest BCUT2D eigenvalue weighted by molar-refractivity contribution is -0.121. The van der Waals surface area contributed by atoms with Crippen LogP contribution in [-0.4, -0.2) is 35.7 Å². The number of piperidine rings is 1. The third-order valence-corrected chi connectivity index (χ3v) is 5.67. The van der Waals surface area contributed by atoms with Crippen LogP contribution in [0.15, 0.2) is 60.3 Å². The molecule has 3 amide bonds. The van der Waals surface area contributed by atoms with Gasteiger partial charge in [0.1, 0.15) is 5.70 Å². The van der Waals surface area contributed by atoms with Gasteiger partial charge in [0.25, 0.3) is 11.8 Å². The molecule has 2 aromatic rings. The molecule has 1 saturated heterocycles. The summed E-state index contributed by atoms with van der Waals surface area (Å²) in [6.45, 7) is 5.17. The Kier molecular flexibility index (Phi) is 5.40. The van der Waals surface area contributed by atoms with E-state index in [-0.39, 0.29) is 17.7 Å². The molecule has 2 heterocycles. The van der Waals surface area contributed by atoms with E-state index in [9.17, 15) is 14.4 Å². The third-order valence-electron chi connectivity index (χ3n) is 5.67. The molecule has 2 aromatic carbocycles. The molecule has 2 aliphatic heterocycles. The lowest BCUT2D eigenvalue weighted by Gasteiger charge is -2.32. The Morgan fingerprint density at radius 2 is 1.57 bits per heavy atom. The van der Waals surface area contributed by atoms with Crippen molar-refractivity contribution in [3.05, 3.63) is 65.9 Å². The Balaban J connectivity index is 1.76. The molecule has 0 saturated carbocycles. The summed E-state index contributed by atoms with van der Waals surface area (Å²) < 4.78 is 0. The number of likely N-dealkylation sites (tertiary alicyclic amines) is 1. The smallest absolute Gasteiger partial charge is 0.282 e. The lowest BCUT2D eigenvalue weighted by atomic mass is 9.97. The maximum absolute atomic E-state index is 13.4. The minimum atomic E-state index is -0.313. The van der Waals surface area contributed by atoms with Crippen molar-refractivity contribution in [3.63, 3.8) is 0 Å². The summed E-state index contributed by atoms with van der Waals surface area (Å²) in [5.74, 6) is -0.138. The first kappa shape index (κ1) is 19.9. The first-order valence-corrected chi connectivity index (χ1v) is 10.3. The summed E-state index contributed by atoms with van der Waals surface area (Å²) in [4.78, 5) is 41.5. The van der Waals surface area contributed by atoms with Crippen LogP contribution in [-0.2, 0) is 14.4 Å². The van der Waals surface area contributed by atoms with Gasteiger partial charge in [0.15, 0.2) is 0 Å². The van der Waals surface area contributed by atoms with Crippen LogP contribution in [0.1, 0.15) is 32.3 Å². The minimum Gasteiger partial charge on any atom is -0.366 e. The van der Waals surface area contributed by atoms with Gasteiger partial charge in [0, 0.05) is 25.7 Å². The van der Waals surface area contributed by atoms with Crippen LogP contribution in [0.25, 0.3) is 5.57 Å². The molecule has 6 heteroatoms. The number of carbonyl (C=O) groups is 3. The first-order chi connectivity index (χ1) is 14.5. The fourth-order valence-corrected chi connectivity index (χ4v) is 4.04. The van der Waals surface area contributed by atoms with Gasteiger partial charge in [0.2, 0.25) is 5.91 Å². The van der Waals surface area contributed by atoms with Crippen molar-refractivity contribution in [2.45, 2.75) is 26.7 Å². The molecule has 2 aliphatic rings. The molecule has 0 unspecified atom stereocenters. The van der Waals surface area contributed by atoms with Gasteiger partial charge in [-0.05, 0) is 48.6 Å². The molecule has 0 aliphatic carbocycles. The summed E-state index contributed by atoms with van der Waals surface area (Å²) in [5.41, 5.74) is 2.79. The molecule has 1 N–H and O–H groups in total. The predicted octanol–water partition coefficient (Wildman–Crippen LogP) is 3.66. The number of hydrogen-bond donors (Lipinski definition) is 1. The summed E-state index contributed by atoms with van der Waals surface area (Å²) in [5, 5.41) is 2.73. The normalized spacial score (nSPS) is 17.7. The maximum atomic E-state index is 13.4. The number of amides is 3. The van der Waals surface area contributed by atoms with Gasteiger partial charge in [0.05, 0.1) is 11.3 Å². The van der Waals surface area contributed by atoms with Gasteiger partial charge in [-0.25, -0.2) is 4.90 Å². The highest BCUT2D eigenvalue weighted by Gasteiger charge is 2.42. The number of benzene rings is 2. The summed E-state index contributed by atoms with van der Waals surface area (Å²) in [6.07, 6.45) is 1.98. The second-order valence-corrected chi connectivity index (χ2v) is 7.93. The zero-order chi connectivity index (χ0) is 21.3. The Morgan fingerprint density at radius 3 is 2.17 bits per heavy atom. The van der Waals surface area contributed by atoms with E-state index in [2.05, 4.69) is 17.1 Å². The van der Waals surface area contributed by atoms with Gasteiger partial charge in [-0.3, -0.25) is 14.4 Å². The second-order valence-electron chi connectivity index (χ2n) is 7.93. The van der Waals surface area contributed by atoms with Crippen molar-refractivity contribution < 1.29 is 14.4 Å².